The summed E-state index contributed by atoms with van der Waals surface area (Å²) in [6.45, 7) is 11.3. The van der Waals surface area contributed by atoms with E-state index in [1.165, 1.54) is 14.2 Å². The molecule has 388 valence electrons. The van der Waals surface area contributed by atoms with E-state index >= 15 is 0 Å². The largest absolute Gasteiger partial charge is 0.465 e. The van der Waals surface area contributed by atoms with Crippen molar-refractivity contribution in [2.24, 2.45) is 0 Å². The minimum Gasteiger partial charge on any atom is -0.465 e. The van der Waals surface area contributed by atoms with Crippen molar-refractivity contribution in [2.75, 3.05) is 14.2 Å². The van der Waals surface area contributed by atoms with E-state index in [9.17, 15) is 28.8 Å². The van der Waals surface area contributed by atoms with Crippen molar-refractivity contribution >= 4 is 53.3 Å². The van der Waals surface area contributed by atoms with Crippen LogP contribution in [0.5, 0.6) is 0 Å². The smallest absolute Gasteiger partial charge is 0.409 e. The normalized spacial score (nSPS) is 12.0. The van der Waals surface area contributed by atoms with Crippen molar-refractivity contribution < 1.29 is 47.7 Å². The second-order valence-corrected chi connectivity index (χ2v) is 19.8. The first kappa shape index (κ1) is 57.6. The third-order valence-electron chi connectivity index (χ3n) is 10.9. The molecule has 4 aromatic carbocycles. The zero-order valence-electron chi connectivity index (χ0n) is 42.9. The molecule has 16 nitrogen and oxygen atoms in total. The van der Waals surface area contributed by atoms with Crippen LogP contribution in [0.3, 0.4) is 0 Å². The Bertz CT molecular complexity index is 2230. The SMILES string of the molecule is COC(=O)c1ccc(Cc2ccc(CNC(=O)CCCC[C@@H](NC(=O)OC(C)(C)C)NC(=S)N[C@@H](CCCCC(=O)NCc3ccc(Cc4ccc(C(=O)OC)cc4)cc3)NC(=O)OC(C)(C)C)cc2)cc1. The van der Waals surface area contributed by atoms with E-state index in [-0.39, 0.29) is 41.7 Å². The van der Waals surface area contributed by atoms with Gasteiger partial charge in [-0.1, -0.05) is 72.8 Å². The molecule has 6 N–H and O–H groups in total. The van der Waals surface area contributed by atoms with Gasteiger partial charge >= 0.3 is 24.1 Å². The highest BCUT2D eigenvalue weighted by atomic mass is 32.1. The number of benzene rings is 4. The Balaban J connectivity index is 1.23. The van der Waals surface area contributed by atoms with Gasteiger partial charge in [-0.2, -0.15) is 0 Å². The lowest BCUT2D eigenvalue weighted by Crippen LogP contribution is -2.56. The molecule has 0 fully saturated rings. The van der Waals surface area contributed by atoms with Crippen molar-refractivity contribution in [3.8, 4) is 0 Å². The predicted octanol–water partition coefficient (Wildman–Crippen LogP) is 8.66. The van der Waals surface area contributed by atoms with Crippen LogP contribution < -0.4 is 31.9 Å². The minimum atomic E-state index is -0.749. The molecule has 0 aliphatic carbocycles. The lowest BCUT2D eigenvalue weighted by molar-refractivity contribution is -0.122. The van der Waals surface area contributed by atoms with E-state index in [2.05, 4.69) is 31.9 Å². The summed E-state index contributed by atoms with van der Waals surface area (Å²) in [5, 5.41) is 18.0. The Kier molecular flexibility index (Phi) is 23.0. The average molecular weight is 1010 g/mol. The number of amides is 4. The Labute approximate surface area is 429 Å². The summed E-state index contributed by atoms with van der Waals surface area (Å²) in [6.07, 6.45) is 2.26. The highest BCUT2D eigenvalue weighted by Gasteiger charge is 2.23. The summed E-state index contributed by atoms with van der Waals surface area (Å²) in [7, 11) is 2.71. The highest BCUT2D eigenvalue weighted by molar-refractivity contribution is 7.80. The zero-order valence-corrected chi connectivity index (χ0v) is 43.7. The standard InChI is InChI=1S/C55H72N6O10S/c1-54(2,3)70-52(66)60-45(13-9-11-15-47(62)56-35-41-21-17-37(18-22-41)33-39-25-29-43(30-26-39)49(64)68-7)58-51(72)59-46(61-53(67)71-55(4,5)6)14-10-12-16-48(63)57-36-42-23-19-38(20-24-42)34-40-27-31-44(32-28-40)50(65)69-8/h17-32,45-46H,9-16,33-36H2,1-8H3,(H,56,62)(H,57,63)(H,60,66)(H,61,67)(H2,58,59,72)/t45-,46-/m1/s1. The summed E-state index contributed by atoms with van der Waals surface area (Å²) < 4.78 is 20.6. The van der Waals surface area contributed by atoms with Crippen LogP contribution in [0.2, 0.25) is 0 Å². The number of unbranched alkanes of at least 4 members (excludes halogenated alkanes) is 2. The quantitative estimate of drug-likeness (QED) is 0.0128. The van der Waals surface area contributed by atoms with Gasteiger partial charge in [-0.3, -0.25) is 9.59 Å². The van der Waals surface area contributed by atoms with Crippen molar-refractivity contribution in [1.29, 1.82) is 0 Å². The van der Waals surface area contributed by atoms with Crippen molar-refractivity contribution in [1.82, 2.24) is 31.9 Å². The van der Waals surface area contributed by atoms with E-state index in [4.69, 9.17) is 31.2 Å². The molecule has 0 unspecified atom stereocenters. The van der Waals surface area contributed by atoms with E-state index in [1.54, 1.807) is 65.8 Å². The van der Waals surface area contributed by atoms with E-state index in [0.717, 1.165) is 33.4 Å². The van der Waals surface area contributed by atoms with Gasteiger partial charge in [0.15, 0.2) is 5.11 Å². The average Bonchev–Trinajstić information content (AvgIpc) is 3.32. The first-order valence-electron chi connectivity index (χ1n) is 24.3. The summed E-state index contributed by atoms with van der Waals surface area (Å²) in [4.78, 5) is 74.9. The Hall–Kier alpha value is -7.01. The Morgan fingerprint density at radius 3 is 1.07 bits per heavy atom. The minimum absolute atomic E-state index is 0.107. The number of ether oxygens (including phenoxy) is 4. The second kappa shape index (κ2) is 28.7. The first-order chi connectivity index (χ1) is 34.2. The van der Waals surface area contributed by atoms with Crippen LogP contribution in [0.1, 0.15) is 147 Å². The van der Waals surface area contributed by atoms with E-state index in [0.29, 0.717) is 75.6 Å². The molecule has 0 aliphatic heterocycles. The maximum Gasteiger partial charge on any atom is 0.409 e. The van der Waals surface area contributed by atoms with Crippen LogP contribution in [0.4, 0.5) is 9.59 Å². The molecular weight excluding hydrogens is 937 g/mol. The van der Waals surface area contributed by atoms with Gasteiger partial charge in [-0.25, -0.2) is 19.2 Å². The van der Waals surface area contributed by atoms with Gasteiger partial charge in [0, 0.05) is 25.9 Å². The topological polar surface area (TPSA) is 212 Å². The van der Waals surface area contributed by atoms with Gasteiger partial charge in [0.05, 0.1) is 25.3 Å². The van der Waals surface area contributed by atoms with Gasteiger partial charge < -0.3 is 50.8 Å². The fourth-order valence-electron chi connectivity index (χ4n) is 7.24. The third kappa shape index (κ3) is 22.8. The van der Waals surface area contributed by atoms with E-state index < -0.39 is 35.7 Å². The van der Waals surface area contributed by atoms with Crippen LogP contribution in [0.15, 0.2) is 97.1 Å². The van der Waals surface area contributed by atoms with Crippen molar-refractivity contribution in [2.45, 2.75) is 142 Å². The van der Waals surface area contributed by atoms with Gasteiger partial charge in [-0.05, 0) is 163 Å². The molecule has 0 aromatic heterocycles. The molecule has 4 aromatic rings. The molecule has 17 heteroatoms. The molecule has 0 saturated carbocycles. The number of hydrogen-bond donors (Lipinski definition) is 6. The fourth-order valence-corrected chi connectivity index (χ4v) is 7.52. The molecular formula is C55H72N6O10S. The van der Waals surface area contributed by atoms with Crippen LogP contribution in [0.25, 0.3) is 0 Å². The van der Waals surface area contributed by atoms with Crippen LogP contribution in [-0.2, 0) is 54.5 Å². The molecule has 0 aliphatic rings. The second-order valence-electron chi connectivity index (χ2n) is 19.4. The molecule has 0 saturated heterocycles. The maximum atomic E-state index is 12.9. The van der Waals surface area contributed by atoms with Gasteiger partial charge in [0.2, 0.25) is 11.8 Å². The summed E-state index contributed by atoms with van der Waals surface area (Å²) in [5.41, 5.74) is 5.72. The zero-order chi connectivity index (χ0) is 52.7. The number of thiocarbonyl (C=S) groups is 1. The van der Waals surface area contributed by atoms with Crippen LogP contribution in [-0.4, -0.2) is 78.8 Å². The van der Waals surface area contributed by atoms with Crippen molar-refractivity contribution in [3.05, 3.63) is 142 Å². The lowest BCUT2D eigenvalue weighted by atomic mass is 10.0. The maximum absolute atomic E-state index is 12.9. The van der Waals surface area contributed by atoms with Crippen LogP contribution >= 0.6 is 12.2 Å². The molecule has 0 bridgehead atoms. The molecule has 4 rings (SSSR count). The van der Waals surface area contributed by atoms with Gasteiger partial charge in [0.25, 0.3) is 0 Å². The molecule has 2 atom stereocenters. The lowest BCUT2D eigenvalue weighted by Gasteiger charge is -2.28. The van der Waals surface area contributed by atoms with Gasteiger partial charge in [-0.15, -0.1) is 0 Å². The summed E-state index contributed by atoms with van der Waals surface area (Å²) >= 11 is 5.68. The Morgan fingerprint density at radius 1 is 0.458 bits per heavy atom. The first-order valence-corrected chi connectivity index (χ1v) is 24.7. The highest BCUT2D eigenvalue weighted by Crippen LogP contribution is 2.16. The molecule has 0 spiro atoms. The number of hydrogen-bond acceptors (Lipinski definition) is 11. The molecule has 72 heavy (non-hydrogen) atoms. The monoisotopic (exact) mass is 1010 g/mol. The van der Waals surface area contributed by atoms with Crippen LogP contribution in [0, 0.1) is 0 Å². The van der Waals surface area contributed by atoms with Gasteiger partial charge in [0.1, 0.15) is 23.5 Å². The Morgan fingerprint density at radius 2 is 0.764 bits per heavy atom. The fraction of sp³-hybridized carbons (Fsp3) is 0.436. The number of rotatable bonds is 24. The predicted molar refractivity (Wildman–Crippen MR) is 280 cm³/mol. The third-order valence-corrected chi connectivity index (χ3v) is 11.1. The number of carbonyl (C=O) groups is 6. The summed E-state index contributed by atoms with van der Waals surface area (Å²) in [5.74, 6) is -0.962. The number of esters is 2. The summed E-state index contributed by atoms with van der Waals surface area (Å²) in [6, 6.07) is 30.6. The number of nitrogens with one attached hydrogen (secondary N) is 6. The number of methoxy groups -OCH3 is 2. The van der Waals surface area contributed by atoms with Crippen molar-refractivity contribution in [3.63, 3.8) is 0 Å². The number of alkyl carbamates (subject to hydrolysis) is 2. The molecule has 0 heterocycles. The van der Waals surface area contributed by atoms with E-state index in [1.807, 2.05) is 72.8 Å². The molecule has 4 amide bonds. The molecule has 0 radical (unpaired) electrons. The number of carbonyl (C=O) groups excluding carboxylic acids is 6.